The third kappa shape index (κ3) is 3.98. The minimum Gasteiger partial charge on any atom is -0.208 e. The monoisotopic (exact) mass is 389 g/mol. The van der Waals surface area contributed by atoms with Gasteiger partial charge in [0.25, 0.3) is 0 Å². The summed E-state index contributed by atoms with van der Waals surface area (Å²) in [7, 11) is 0. The van der Waals surface area contributed by atoms with Crippen LogP contribution in [0.1, 0.15) is 5.82 Å². The second-order valence-electron chi connectivity index (χ2n) is 5.24. The van der Waals surface area contributed by atoms with E-state index in [-0.39, 0.29) is 0 Å². The second kappa shape index (κ2) is 7.81. The number of aromatic nitrogens is 3. The van der Waals surface area contributed by atoms with E-state index < -0.39 is 0 Å². The Morgan fingerprint density at radius 1 is 0.800 bits per heavy atom. The molecule has 0 aliphatic carbocycles. The van der Waals surface area contributed by atoms with Gasteiger partial charge in [0.15, 0.2) is 17.5 Å². The van der Waals surface area contributed by atoms with Crippen molar-refractivity contribution in [2.24, 2.45) is 0 Å². The van der Waals surface area contributed by atoms with Crippen molar-refractivity contribution in [1.82, 2.24) is 15.0 Å². The Morgan fingerprint density at radius 3 is 1.96 bits per heavy atom. The number of nitrogens with zero attached hydrogens (tertiary/aromatic N) is 3. The van der Waals surface area contributed by atoms with Gasteiger partial charge < -0.3 is 0 Å². The Labute approximate surface area is 155 Å². The van der Waals surface area contributed by atoms with Gasteiger partial charge in [-0.15, -0.1) is 0 Å². The SMILES string of the molecule is C=C/C=C(\C=C)c1nc(-c2ccccc2)nc(-c2ccc(Br)cc2)n1. The Hall–Kier alpha value is -2.85. The zero-order chi connectivity index (χ0) is 17.6. The van der Waals surface area contributed by atoms with Crippen LogP contribution in [0.3, 0.4) is 0 Å². The van der Waals surface area contributed by atoms with Crippen molar-refractivity contribution in [1.29, 1.82) is 0 Å². The minimum absolute atomic E-state index is 0.571. The Kier molecular flexibility index (Phi) is 5.31. The molecule has 3 rings (SSSR count). The smallest absolute Gasteiger partial charge is 0.164 e. The molecule has 0 unspecified atom stereocenters. The lowest BCUT2D eigenvalue weighted by Crippen LogP contribution is -2.02. The molecule has 0 saturated carbocycles. The van der Waals surface area contributed by atoms with Gasteiger partial charge in [0, 0.05) is 21.2 Å². The maximum Gasteiger partial charge on any atom is 0.164 e. The van der Waals surface area contributed by atoms with Gasteiger partial charge >= 0.3 is 0 Å². The lowest BCUT2D eigenvalue weighted by Gasteiger charge is -2.08. The third-order valence-electron chi connectivity index (χ3n) is 3.55. The summed E-state index contributed by atoms with van der Waals surface area (Å²) < 4.78 is 1.01. The summed E-state index contributed by atoms with van der Waals surface area (Å²) >= 11 is 3.45. The molecule has 0 saturated heterocycles. The number of halogens is 1. The van der Waals surface area contributed by atoms with Crippen LogP contribution in [-0.2, 0) is 0 Å². The first-order chi connectivity index (χ1) is 12.2. The fourth-order valence-electron chi connectivity index (χ4n) is 2.31. The molecule has 25 heavy (non-hydrogen) atoms. The van der Waals surface area contributed by atoms with E-state index in [4.69, 9.17) is 0 Å². The summed E-state index contributed by atoms with van der Waals surface area (Å²) in [5.74, 6) is 1.81. The van der Waals surface area contributed by atoms with Crippen LogP contribution in [0.15, 0.2) is 90.5 Å². The molecule has 122 valence electrons. The maximum absolute atomic E-state index is 4.66. The molecule has 4 heteroatoms. The van der Waals surface area contributed by atoms with Crippen LogP contribution >= 0.6 is 15.9 Å². The number of benzene rings is 2. The van der Waals surface area contributed by atoms with E-state index in [9.17, 15) is 0 Å². The van der Waals surface area contributed by atoms with Crippen LogP contribution in [0.5, 0.6) is 0 Å². The van der Waals surface area contributed by atoms with Crippen molar-refractivity contribution >= 4 is 21.5 Å². The standard InChI is InChI=1S/C21H16BrN3/c1-3-8-15(4-2)19-23-20(16-9-6-5-7-10-16)25-21(24-19)17-11-13-18(22)14-12-17/h3-14H,1-2H2/b15-8+. The van der Waals surface area contributed by atoms with Crippen molar-refractivity contribution in [3.63, 3.8) is 0 Å². The average Bonchev–Trinajstić information content (AvgIpc) is 2.67. The quantitative estimate of drug-likeness (QED) is 0.523. The van der Waals surface area contributed by atoms with Gasteiger partial charge in [-0.3, -0.25) is 0 Å². The van der Waals surface area contributed by atoms with Gasteiger partial charge in [0.1, 0.15) is 0 Å². The molecule has 0 fully saturated rings. The highest BCUT2D eigenvalue weighted by molar-refractivity contribution is 9.10. The van der Waals surface area contributed by atoms with Crippen molar-refractivity contribution in [3.05, 3.63) is 96.3 Å². The fraction of sp³-hybridized carbons (Fsp3) is 0. The molecule has 1 aromatic heterocycles. The number of rotatable bonds is 5. The summed E-state index contributed by atoms with van der Waals surface area (Å²) in [6.45, 7) is 7.59. The second-order valence-corrected chi connectivity index (χ2v) is 6.16. The maximum atomic E-state index is 4.66. The molecule has 2 aromatic carbocycles. The van der Waals surface area contributed by atoms with E-state index in [1.54, 1.807) is 12.2 Å². The Morgan fingerprint density at radius 2 is 1.40 bits per heavy atom. The molecular formula is C21H16BrN3. The van der Waals surface area contributed by atoms with Crippen LogP contribution in [0, 0.1) is 0 Å². The van der Waals surface area contributed by atoms with Crippen LogP contribution in [-0.4, -0.2) is 15.0 Å². The van der Waals surface area contributed by atoms with Gasteiger partial charge in [-0.1, -0.05) is 89.8 Å². The number of allylic oxidation sites excluding steroid dienone is 4. The molecule has 0 aliphatic heterocycles. The molecular weight excluding hydrogens is 374 g/mol. The number of hydrogen-bond acceptors (Lipinski definition) is 3. The van der Waals surface area contributed by atoms with Crippen molar-refractivity contribution < 1.29 is 0 Å². The van der Waals surface area contributed by atoms with Crippen LogP contribution in [0.4, 0.5) is 0 Å². The average molecular weight is 390 g/mol. The zero-order valence-corrected chi connectivity index (χ0v) is 15.1. The third-order valence-corrected chi connectivity index (χ3v) is 4.07. The minimum atomic E-state index is 0.571. The van der Waals surface area contributed by atoms with Crippen LogP contribution in [0.25, 0.3) is 28.3 Å². The summed E-state index contributed by atoms with van der Waals surface area (Å²) in [6, 6.07) is 17.7. The highest BCUT2D eigenvalue weighted by Gasteiger charge is 2.11. The van der Waals surface area contributed by atoms with E-state index in [0.29, 0.717) is 17.5 Å². The van der Waals surface area contributed by atoms with E-state index >= 15 is 0 Å². The van der Waals surface area contributed by atoms with Crippen LogP contribution < -0.4 is 0 Å². The lowest BCUT2D eigenvalue weighted by molar-refractivity contribution is 1.04. The molecule has 3 aromatic rings. The summed E-state index contributed by atoms with van der Waals surface area (Å²) in [5, 5.41) is 0. The first-order valence-corrected chi connectivity index (χ1v) is 8.53. The van der Waals surface area contributed by atoms with Crippen molar-refractivity contribution in [3.8, 4) is 22.8 Å². The zero-order valence-electron chi connectivity index (χ0n) is 13.6. The van der Waals surface area contributed by atoms with Gasteiger partial charge in [0.2, 0.25) is 0 Å². The van der Waals surface area contributed by atoms with Gasteiger partial charge in [-0.25, -0.2) is 15.0 Å². The highest BCUT2D eigenvalue weighted by Crippen LogP contribution is 2.24. The molecule has 0 atom stereocenters. The number of hydrogen-bond donors (Lipinski definition) is 0. The summed E-state index contributed by atoms with van der Waals surface area (Å²) in [4.78, 5) is 13.9. The largest absolute Gasteiger partial charge is 0.208 e. The van der Waals surface area contributed by atoms with Crippen molar-refractivity contribution in [2.75, 3.05) is 0 Å². The van der Waals surface area contributed by atoms with E-state index in [1.165, 1.54) is 0 Å². The first kappa shape index (κ1) is 17.0. The highest BCUT2D eigenvalue weighted by atomic mass is 79.9. The van der Waals surface area contributed by atoms with E-state index in [2.05, 4.69) is 44.0 Å². The molecule has 3 nitrogen and oxygen atoms in total. The molecule has 0 amide bonds. The van der Waals surface area contributed by atoms with Crippen LogP contribution in [0.2, 0.25) is 0 Å². The fourth-order valence-corrected chi connectivity index (χ4v) is 2.57. The van der Waals surface area contributed by atoms with Gasteiger partial charge in [0.05, 0.1) is 0 Å². The van der Waals surface area contributed by atoms with Gasteiger partial charge in [-0.05, 0) is 12.1 Å². The Bertz CT molecular complexity index is 929. The molecule has 0 aliphatic rings. The Balaban J connectivity index is 2.21. The predicted octanol–water partition coefficient (Wildman–Crippen LogP) is 5.72. The first-order valence-electron chi connectivity index (χ1n) is 7.74. The summed E-state index contributed by atoms with van der Waals surface area (Å²) in [6.07, 6.45) is 5.25. The molecule has 0 bridgehead atoms. The molecule has 0 spiro atoms. The van der Waals surface area contributed by atoms with Gasteiger partial charge in [-0.2, -0.15) is 0 Å². The molecule has 1 heterocycles. The van der Waals surface area contributed by atoms with E-state index in [0.717, 1.165) is 21.2 Å². The topological polar surface area (TPSA) is 38.7 Å². The van der Waals surface area contributed by atoms with Crippen molar-refractivity contribution in [2.45, 2.75) is 0 Å². The molecule has 0 radical (unpaired) electrons. The lowest BCUT2D eigenvalue weighted by atomic mass is 10.1. The summed E-state index contributed by atoms with van der Waals surface area (Å²) in [5.41, 5.74) is 2.66. The molecule has 0 N–H and O–H groups in total. The normalized spacial score (nSPS) is 11.2. The predicted molar refractivity (Wildman–Crippen MR) is 107 cm³/mol. The van der Waals surface area contributed by atoms with E-state index in [1.807, 2.05) is 60.7 Å².